The van der Waals surface area contributed by atoms with Gasteiger partial charge in [0, 0.05) is 18.0 Å². The summed E-state index contributed by atoms with van der Waals surface area (Å²) in [6, 6.07) is 9.91. The van der Waals surface area contributed by atoms with Crippen LogP contribution in [-0.2, 0) is 6.54 Å². The third-order valence-corrected chi connectivity index (χ3v) is 4.67. The third kappa shape index (κ3) is 3.78. The van der Waals surface area contributed by atoms with Gasteiger partial charge in [0.15, 0.2) is 0 Å². The van der Waals surface area contributed by atoms with Crippen LogP contribution in [0.2, 0.25) is 0 Å². The summed E-state index contributed by atoms with van der Waals surface area (Å²) < 4.78 is 1.75. The maximum Gasteiger partial charge on any atom is 0.276 e. The van der Waals surface area contributed by atoms with Gasteiger partial charge in [0.1, 0.15) is 16.5 Å². The smallest absolute Gasteiger partial charge is 0.276 e. The fourth-order valence-corrected chi connectivity index (χ4v) is 3.00. The van der Waals surface area contributed by atoms with E-state index in [0.717, 1.165) is 16.4 Å². The second kappa shape index (κ2) is 7.16. The van der Waals surface area contributed by atoms with Crippen LogP contribution in [0.5, 0.6) is 0 Å². The van der Waals surface area contributed by atoms with Crippen molar-refractivity contribution in [2.24, 2.45) is 5.73 Å². The first-order valence-electron chi connectivity index (χ1n) is 8.10. The number of nitrogens with one attached hydrogen (secondary N) is 1. The van der Waals surface area contributed by atoms with Crippen LogP contribution in [0.25, 0.3) is 5.69 Å². The Bertz CT molecular complexity index is 879. The number of carbonyl (C=O) groups is 1. The standard InChI is InChI=1S/C18H21N5OS/c1-11(2)14-8-16(21-18(24)15-10-25-17(9-19)20-15)23(22-14)13-6-4-12(3)5-7-13/h4-8,10-11H,9,19H2,1-3H3,(H,21,24). The summed E-state index contributed by atoms with van der Waals surface area (Å²) in [6.07, 6.45) is 0. The van der Waals surface area contributed by atoms with Crippen molar-refractivity contribution in [1.29, 1.82) is 0 Å². The Balaban J connectivity index is 1.94. The van der Waals surface area contributed by atoms with Crippen LogP contribution in [0.1, 0.15) is 46.5 Å². The molecule has 3 aromatic rings. The Morgan fingerprint density at radius 3 is 2.64 bits per heavy atom. The van der Waals surface area contributed by atoms with E-state index >= 15 is 0 Å². The van der Waals surface area contributed by atoms with Crippen LogP contribution in [0.4, 0.5) is 5.82 Å². The van der Waals surface area contributed by atoms with Crippen molar-refractivity contribution < 1.29 is 4.79 Å². The number of nitrogens with two attached hydrogens (primary N) is 1. The molecular weight excluding hydrogens is 334 g/mol. The molecular formula is C18H21N5OS. The van der Waals surface area contributed by atoms with Crippen molar-refractivity contribution in [3.8, 4) is 5.69 Å². The molecule has 0 radical (unpaired) electrons. The SMILES string of the molecule is Cc1ccc(-n2nc(C(C)C)cc2NC(=O)c2csc(CN)n2)cc1. The van der Waals surface area contributed by atoms with Crippen LogP contribution in [0.15, 0.2) is 35.7 Å². The molecule has 0 aliphatic carbocycles. The lowest BCUT2D eigenvalue weighted by Crippen LogP contribution is -2.15. The first kappa shape index (κ1) is 17.3. The zero-order valence-corrected chi connectivity index (χ0v) is 15.3. The molecule has 7 heteroatoms. The molecule has 3 rings (SSSR count). The highest BCUT2D eigenvalue weighted by Crippen LogP contribution is 2.23. The first-order chi connectivity index (χ1) is 12.0. The number of aromatic nitrogens is 3. The number of carbonyl (C=O) groups excluding carboxylic acids is 1. The molecule has 1 aromatic carbocycles. The fourth-order valence-electron chi connectivity index (χ4n) is 2.34. The minimum Gasteiger partial charge on any atom is -0.325 e. The third-order valence-electron chi connectivity index (χ3n) is 3.80. The van der Waals surface area contributed by atoms with Gasteiger partial charge in [-0.05, 0) is 25.0 Å². The summed E-state index contributed by atoms with van der Waals surface area (Å²) in [6.45, 7) is 6.51. The monoisotopic (exact) mass is 355 g/mol. The molecule has 0 unspecified atom stereocenters. The van der Waals surface area contributed by atoms with Crippen molar-refractivity contribution in [3.63, 3.8) is 0 Å². The molecule has 1 amide bonds. The quantitative estimate of drug-likeness (QED) is 0.734. The highest BCUT2D eigenvalue weighted by atomic mass is 32.1. The van der Waals surface area contributed by atoms with Gasteiger partial charge in [0.05, 0.1) is 11.4 Å². The van der Waals surface area contributed by atoms with Crippen molar-refractivity contribution in [1.82, 2.24) is 14.8 Å². The molecule has 0 aliphatic heterocycles. The van der Waals surface area contributed by atoms with E-state index in [1.165, 1.54) is 16.9 Å². The second-order valence-corrected chi connectivity index (χ2v) is 7.08. The van der Waals surface area contributed by atoms with Crippen molar-refractivity contribution in [2.45, 2.75) is 33.2 Å². The summed E-state index contributed by atoms with van der Waals surface area (Å²) in [5.41, 5.74) is 8.92. The highest BCUT2D eigenvalue weighted by Gasteiger charge is 2.17. The van der Waals surface area contributed by atoms with Crippen molar-refractivity contribution >= 4 is 23.1 Å². The lowest BCUT2D eigenvalue weighted by Gasteiger charge is -2.08. The molecule has 6 nitrogen and oxygen atoms in total. The summed E-state index contributed by atoms with van der Waals surface area (Å²) in [7, 11) is 0. The van der Waals surface area contributed by atoms with E-state index in [0.29, 0.717) is 18.1 Å². The Labute approximate surface area is 150 Å². The molecule has 130 valence electrons. The zero-order valence-electron chi connectivity index (χ0n) is 14.5. The lowest BCUT2D eigenvalue weighted by molar-refractivity contribution is 0.102. The molecule has 0 bridgehead atoms. The number of nitrogens with zero attached hydrogens (tertiary/aromatic N) is 3. The Kier molecular flexibility index (Phi) is 4.96. The summed E-state index contributed by atoms with van der Waals surface area (Å²) in [5, 5.41) is 10.0. The molecule has 2 aromatic heterocycles. The number of thiazole rings is 1. The Morgan fingerprint density at radius 1 is 1.32 bits per heavy atom. The molecule has 0 aliphatic rings. The second-order valence-electron chi connectivity index (χ2n) is 6.14. The van der Waals surface area contributed by atoms with Gasteiger partial charge in [-0.2, -0.15) is 5.10 Å². The maximum absolute atomic E-state index is 12.5. The summed E-state index contributed by atoms with van der Waals surface area (Å²) in [5.74, 6) is 0.616. The van der Waals surface area contributed by atoms with E-state index in [2.05, 4.69) is 29.2 Å². The number of anilines is 1. The van der Waals surface area contributed by atoms with Gasteiger partial charge < -0.3 is 11.1 Å². The summed E-state index contributed by atoms with van der Waals surface area (Å²) >= 11 is 1.38. The van der Waals surface area contributed by atoms with E-state index in [1.807, 2.05) is 37.3 Å². The van der Waals surface area contributed by atoms with E-state index in [4.69, 9.17) is 5.73 Å². The average molecular weight is 355 g/mol. The molecule has 0 spiro atoms. The lowest BCUT2D eigenvalue weighted by atomic mass is 10.1. The van der Waals surface area contributed by atoms with Gasteiger partial charge in [-0.25, -0.2) is 9.67 Å². The topological polar surface area (TPSA) is 85.8 Å². The maximum atomic E-state index is 12.5. The fraction of sp³-hybridized carbons (Fsp3) is 0.278. The minimum absolute atomic E-state index is 0.255. The van der Waals surface area contributed by atoms with Crippen molar-refractivity contribution in [3.05, 3.63) is 57.7 Å². The van der Waals surface area contributed by atoms with E-state index in [-0.39, 0.29) is 11.8 Å². The molecule has 0 atom stereocenters. The molecule has 3 N–H and O–H groups in total. The van der Waals surface area contributed by atoms with Crippen LogP contribution < -0.4 is 11.1 Å². The van der Waals surface area contributed by atoms with Gasteiger partial charge in [-0.3, -0.25) is 4.79 Å². The largest absolute Gasteiger partial charge is 0.325 e. The van der Waals surface area contributed by atoms with Crippen LogP contribution in [-0.4, -0.2) is 20.7 Å². The van der Waals surface area contributed by atoms with Crippen LogP contribution in [0.3, 0.4) is 0 Å². The van der Waals surface area contributed by atoms with E-state index in [1.54, 1.807) is 10.1 Å². The van der Waals surface area contributed by atoms with Crippen LogP contribution >= 0.6 is 11.3 Å². The molecule has 0 fully saturated rings. The van der Waals surface area contributed by atoms with Gasteiger partial charge in [0.25, 0.3) is 5.91 Å². The number of benzene rings is 1. The number of rotatable bonds is 5. The van der Waals surface area contributed by atoms with E-state index in [9.17, 15) is 4.79 Å². The first-order valence-corrected chi connectivity index (χ1v) is 8.98. The van der Waals surface area contributed by atoms with Crippen LogP contribution in [0, 0.1) is 6.92 Å². The van der Waals surface area contributed by atoms with Crippen molar-refractivity contribution in [2.75, 3.05) is 5.32 Å². The zero-order chi connectivity index (χ0) is 18.0. The average Bonchev–Trinajstić information content (AvgIpc) is 3.22. The molecule has 0 saturated carbocycles. The van der Waals surface area contributed by atoms with Gasteiger partial charge >= 0.3 is 0 Å². The molecule has 2 heterocycles. The number of hydrogen-bond acceptors (Lipinski definition) is 5. The van der Waals surface area contributed by atoms with Gasteiger partial charge in [0.2, 0.25) is 0 Å². The predicted octanol–water partition coefficient (Wildman–Crippen LogP) is 3.47. The molecule has 0 saturated heterocycles. The Morgan fingerprint density at radius 2 is 2.04 bits per heavy atom. The number of aryl methyl sites for hydroxylation is 1. The normalized spacial score (nSPS) is 11.1. The number of hydrogen-bond donors (Lipinski definition) is 2. The number of amides is 1. The van der Waals surface area contributed by atoms with Gasteiger partial charge in [-0.15, -0.1) is 11.3 Å². The molecule has 25 heavy (non-hydrogen) atoms. The van der Waals surface area contributed by atoms with E-state index < -0.39 is 0 Å². The Hall–Kier alpha value is -2.51. The highest BCUT2D eigenvalue weighted by molar-refractivity contribution is 7.09. The van der Waals surface area contributed by atoms with Gasteiger partial charge in [-0.1, -0.05) is 31.5 Å². The summed E-state index contributed by atoms with van der Waals surface area (Å²) in [4.78, 5) is 16.7. The minimum atomic E-state index is -0.264. The predicted molar refractivity (Wildman–Crippen MR) is 100 cm³/mol.